The van der Waals surface area contributed by atoms with E-state index in [0.717, 1.165) is 21.0 Å². The number of rotatable bonds is 10. The van der Waals surface area contributed by atoms with Gasteiger partial charge in [0.1, 0.15) is 12.5 Å². The number of benzene rings is 2. The highest BCUT2D eigenvalue weighted by atomic mass is 35.5. The summed E-state index contributed by atoms with van der Waals surface area (Å²) in [5, 5.41) is 3.97. The van der Waals surface area contributed by atoms with Crippen molar-refractivity contribution in [1.82, 2.24) is 5.16 Å². The lowest BCUT2D eigenvalue weighted by atomic mass is 9.98. The van der Waals surface area contributed by atoms with Crippen LogP contribution < -0.4 is 4.31 Å². The number of nitrogens with zero attached hydrogens (tertiary/aromatic N) is 2. The lowest BCUT2D eigenvalue weighted by molar-refractivity contribution is 0.134. The maximum atomic E-state index is 13.8. The summed E-state index contributed by atoms with van der Waals surface area (Å²) in [6, 6.07) is 12.6. The van der Waals surface area contributed by atoms with E-state index in [1.54, 1.807) is 38.1 Å². The monoisotopic (exact) mass is 478 g/mol. The molecule has 3 rings (SSSR count). The van der Waals surface area contributed by atoms with E-state index in [4.69, 9.17) is 25.6 Å². The van der Waals surface area contributed by atoms with Crippen molar-refractivity contribution in [2.75, 3.05) is 24.8 Å². The largest absolute Gasteiger partial charge is 0.377 e. The van der Waals surface area contributed by atoms with Gasteiger partial charge in [-0.3, -0.25) is 0 Å². The number of alkyl halides is 1. The van der Waals surface area contributed by atoms with Crippen LogP contribution in [0.1, 0.15) is 29.4 Å². The van der Waals surface area contributed by atoms with Gasteiger partial charge in [0.15, 0.2) is 5.82 Å². The molecule has 0 unspecified atom stereocenters. The van der Waals surface area contributed by atoms with E-state index in [2.05, 4.69) is 5.16 Å². The number of hydrogen-bond donors (Lipinski definition) is 0. The van der Waals surface area contributed by atoms with Gasteiger partial charge in [0.2, 0.25) is 0 Å². The van der Waals surface area contributed by atoms with Crippen molar-refractivity contribution in [1.29, 1.82) is 0 Å². The fourth-order valence-corrected chi connectivity index (χ4v) is 5.11. The Morgan fingerprint density at radius 2 is 1.88 bits per heavy atom. The number of aromatic nitrogens is 1. The van der Waals surface area contributed by atoms with Crippen molar-refractivity contribution in [3.05, 3.63) is 64.9 Å². The molecule has 0 aliphatic heterocycles. The van der Waals surface area contributed by atoms with Gasteiger partial charge in [-0.05, 0) is 43.5 Å². The first-order valence-corrected chi connectivity index (χ1v) is 12.1. The fraction of sp³-hybridized carbons (Fsp3) is 0.348. The Kier molecular flexibility index (Phi) is 7.95. The molecule has 1 heterocycles. The predicted octanol–water partition coefficient (Wildman–Crippen LogP) is 5.03. The molecule has 7 nitrogen and oxygen atoms in total. The third kappa shape index (κ3) is 4.83. The van der Waals surface area contributed by atoms with E-state index in [-0.39, 0.29) is 17.4 Å². The summed E-state index contributed by atoms with van der Waals surface area (Å²) in [4.78, 5) is 0.133. The van der Waals surface area contributed by atoms with Gasteiger partial charge in [-0.1, -0.05) is 41.6 Å². The number of halogens is 1. The first-order valence-electron chi connectivity index (χ1n) is 10.1. The van der Waals surface area contributed by atoms with E-state index < -0.39 is 10.0 Å². The lowest BCUT2D eigenvalue weighted by Gasteiger charge is -2.23. The molecule has 1 aromatic heterocycles. The second kappa shape index (κ2) is 10.5. The summed E-state index contributed by atoms with van der Waals surface area (Å²) >= 11 is 6.02. The fourth-order valence-electron chi connectivity index (χ4n) is 3.36. The van der Waals surface area contributed by atoms with Gasteiger partial charge in [0.05, 0.1) is 11.5 Å². The predicted molar refractivity (Wildman–Crippen MR) is 124 cm³/mol. The van der Waals surface area contributed by atoms with E-state index in [0.29, 0.717) is 36.0 Å². The zero-order chi connectivity index (χ0) is 23.3. The molecular weight excluding hydrogens is 452 g/mol. The van der Waals surface area contributed by atoms with Crippen molar-refractivity contribution in [3.63, 3.8) is 0 Å². The van der Waals surface area contributed by atoms with Crippen molar-refractivity contribution >= 4 is 27.4 Å². The van der Waals surface area contributed by atoms with Crippen LogP contribution in [0.3, 0.4) is 0 Å². The minimum absolute atomic E-state index is 0.133. The number of anilines is 1. The molecule has 0 fully saturated rings. The lowest BCUT2D eigenvalue weighted by Crippen LogP contribution is -2.34. The van der Waals surface area contributed by atoms with Crippen LogP contribution in [0.2, 0.25) is 0 Å². The number of aryl methyl sites for hydroxylation is 1. The molecule has 2 aromatic carbocycles. The van der Waals surface area contributed by atoms with Gasteiger partial charge >= 0.3 is 0 Å². The summed E-state index contributed by atoms with van der Waals surface area (Å²) in [5.74, 6) is 1.09. The normalized spacial score (nSPS) is 11.7. The van der Waals surface area contributed by atoms with Gasteiger partial charge in [-0.2, -0.15) is 0 Å². The van der Waals surface area contributed by atoms with Crippen molar-refractivity contribution < 1.29 is 22.4 Å². The van der Waals surface area contributed by atoms with Gasteiger partial charge in [-0.25, -0.2) is 12.7 Å². The second-order valence-electron chi connectivity index (χ2n) is 7.22. The highest BCUT2D eigenvalue weighted by Crippen LogP contribution is 2.35. The average molecular weight is 479 g/mol. The quantitative estimate of drug-likeness (QED) is 0.300. The highest BCUT2D eigenvalue weighted by molar-refractivity contribution is 7.93. The molecular formula is C23H27ClN2O5S. The van der Waals surface area contributed by atoms with Crippen LogP contribution in [0.25, 0.3) is 11.1 Å². The van der Waals surface area contributed by atoms with Crippen molar-refractivity contribution in [3.8, 4) is 11.1 Å². The molecule has 0 aliphatic rings. The summed E-state index contributed by atoms with van der Waals surface area (Å²) in [5.41, 5.74) is 3.74. The second-order valence-corrected chi connectivity index (χ2v) is 9.32. The third-order valence-corrected chi connectivity index (χ3v) is 7.23. The molecule has 0 saturated carbocycles. The van der Waals surface area contributed by atoms with E-state index in [9.17, 15) is 8.42 Å². The zero-order valence-electron chi connectivity index (χ0n) is 18.6. The zero-order valence-corrected chi connectivity index (χ0v) is 20.2. The van der Waals surface area contributed by atoms with E-state index >= 15 is 0 Å². The van der Waals surface area contributed by atoms with Gasteiger partial charge < -0.3 is 14.0 Å². The molecule has 172 valence electrons. The molecule has 3 aromatic rings. The summed E-state index contributed by atoms with van der Waals surface area (Å²) < 4.78 is 44.9. The maximum absolute atomic E-state index is 13.8. The minimum Gasteiger partial charge on any atom is -0.377 e. The molecule has 0 bridgehead atoms. The molecule has 0 aliphatic carbocycles. The molecule has 0 saturated heterocycles. The van der Waals surface area contributed by atoms with Crippen LogP contribution in [0, 0.1) is 13.8 Å². The first kappa shape index (κ1) is 24.3. The molecule has 0 N–H and O–H groups in total. The molecule has 0 amide bonds. The number of methoxy groups -OCH3 is 1. The Morgan fingerprint density at radius 3 is 2.50 bits per heavy atom. The van der Waals surface area contributed by atoms with Crippen molar-refractivity contribution in [2.45, 2.75) is 38.2 Å². The Hall–Kier alpha value is -2.39. The first-order chi connectivity index (χ1) is 15.3. The van der Waals surface area contributed by atoms with Gasteiger partial charge in [0, 0.05) is 30.7 Å². The Balaban J connectivity index is 2.18. The summed E-state index contributed by atoms with van der Waals surface area (Å²) in [6.45, 7) is 6.08. The molecule has 0 radical (unpaired) electrons. The van der Waals surface area contributed by atoms with Crippen molar-refractivity contribution in [2.24, 2.45) is 0 Å². The number of hydrogen-bond acceptors (Lipinski definition) is 6. The maximum Gasteiger partial charge on any atom is 0.268 e. The molecule has 9 heteroatoms. The van der Waals surface area contributed by atoms with E-state index in [1.807, 2.05) is 25.1 Å². The van der Waals surface area contributed by atoms with Crippen LogP contribution in [-0.4, -0.2) is 34.0 Å². The van der Waals surface area contributed by atoms with Crippen LogP contribution in [0.5, 0.6) is 0 Å². The Bertz CT molecular complexity index is 1180. The molecule has 32 heavy (non-hydrogen) atoms. The van der Waals surface area contributed by atoms with Gasteiger partial charge in [-0.15, -0.1) is 11.6 Å². The Morgan fingerprint density at radius 1 is 1.12 bits per heavy atom. The number of ether oxygens (including phenoxy) is 2. The number of sulfonamides is 1. The van der Waals surface area contributed by atoms with Gasteiger partial charge in [0.25, 0.3) is 10.0 Å². The minimum atomic E-state index is -4.04. The van der Waals surface area contributed by atoms with Crippen LogP contribution >= 0.6 is 11.6 Å². The van der Waals surface area contributed by atoms with Crippen LogP contribution in [-0.2, 0) is 32.0 Å². The summed E-state index contributed by atoms with van der Waals surface area (Å²) in [7, 11) is -2.61. The molecule has 0 atom stereocenters. The topological polar surface area (TPSA) is 81.9 Å². The average Bonchev–Trinajstić information content (AvgIpc) is 3.13. The smallest absolute Gasteiger partial charge is 0.268 e. The summed E-state index contributed by atoms with van der Waals surface area (Å²) in [6.07, 6.45) is 0. The third-order valence-electron chi connectivity index (χ3n) is 5.15. The SMILES string of the molecule is CCOCc1cc(CCl)ccc1-c1ccccc1S(=O)(=O)N(COC)c1noc(C)c1C. The van der Waals surface area contributed by atoms with Crippen LogP contribution in [0.15, 0.2) is 51.9 Å². The van der Waals surface area contributed by atoms with Crippen LogP contribution in [0.4, 0.5) is 5.82 Å². The molecule has 0 spiro atoms. The Labute approximate surface area is 193 Å². The highest BCUT2D eigenvalue weighted by Gasteiger charge is 2.32. The standard InChI is InChI=1S/C23H27ClN2O5S/c1-5-30-14-19-12-18(13-24)10-11-20(19)21-8-6-7-9-22(21)32(27,28)26(15-29-4)23-16(2)17(3)31-25-23/h6-12H,5,13-15H2,1-4H3. The van der Waals surface area contributed by atoms with E-state index in [1.165, 1.54) is 7.11 Å².